The zero-order valence-corrected chi connectivity index (χ0v) is 15.6. The molecule has 3 N–H and O–H groups in total. The molecule has 0 saturated heterocycles. The van der Waals surface area contributed by atoms with Crippen molar-refractivity contribution in [3.8, 4) is 11.5 Å². The number of halogens is 2. The maximum absolute atomic E-state index is 12.2. The first-order valence-corrected chi connectivity index (χ1v) is 7.93. The van der Waals surface area contributed by atoms with Crippen molar-refractivity contribution >= 4 is 29.9 Å². The van der Waals surface area contributed by atoms with Crippen molar-refractivity contribution in [2.45, 2.75) is 32.7 Å². The summed E-state index contributed by atoms with van der Waals surface area (Å²) in [6, 6.07) is 7.18. The second kappa shape index (κ2) is 8.51. The van der Waals surface area contributed by atoms with Crippen LogP contribution in [0.1, 0.15) is 26.5 Å². The van der Waals surface area contributed by atoms with Crippen LogP contribution in [-0.2, 0) is 11.2 Å². The zero-order chi connectivity index (χ0) is 17.0. The molecule has 2 rings (SSSR count). The molecule has 1 aromatic heterocycles. The van der Waals surface area contributed by atoms with Gasteiger partial charge in [-0.3, -0.25) is 4.79 Å². The van der Waals surface area contributed by atoms with E-state index < -0.39 is 5.54 Å². The summed E-state index contributed by atoms with van der Waals surface area (Å²) in [6.07, 6.45) is 1.65. The third-order valence-corrected chi connectivity index (χ3v) is 4.36. The molecule has 2 aromatic rings. The van der Waals surface area contributed by atoms with E-state index in [-0.39, 0.29) is 30.7 Å². The molecule has 24 heavy (non-hydrogen) atoms. The van der Waals surface area contributed by atoms with Gasteiger partial charge in [0.15, 0.2) is 0 Å². The van der Waals surface area contributed by atoms with Crippen molar-refractivity contribution in [3.05, 3.63) is 41.2 Å². The summed E-state index contributed by atoms with van der Waals surface area (Å²) >= 11 is 5.86. The lowest BCUT2D eigenvalue weighted by Crippen LogP contribution is -2.55. The molecule has 1 aromatic carbocycles. The molecule has 0 radical (unpaired) electrons. The van der Waals surface area contributed by atoms with Crippen LogP contribution in [0.15, 0.2) is 34.9 Å². The summed E-state index contributed by atoms with van der Waals surface area (Å²) < 4.78 is 5.44. The number of amides is 1. The third-order valence-electron chi connectivity index (χ3n) is 4.11. The predicted octanol–water partition coefficient (Wildman–Crippen LogP) is 3.45. The highest BCUT2D eigenvalue weighted by Gasteiger charge is 2.28. The standard InChI is InChI=1S/C17H22ClN3O2.ClH/c1-11(2)17(3,10-19)21-15(22)8-14-9-23-16(20-14)12-4-6-13(18)7-5-12;/h4-7,9,11H,8,10,19H2,1-3H3,(H,21,22);1H. The normalized spacial score (nSPS) is 13.2. The molecule has 0 aliphatic heterocycles. The van der Waals surface area contributed by atoms with Gasteiger partial charge in [-0.2, -0.15) is 0 Å². The Morgan fingerprint density at radius 1 is 1.38 bits per heavy atom. The molecule has 0 saturated carbocycles. The number of carbonyl (C=O) groups is 1. The predicted molar refractivity (Wildman–Crippen MR) is 98.3 cm³/mol. The fourth-order valence-corrected chi connectivity index (χ4v) is 2.20. The van der Waals surface area contributed by atoms with Gasteiger partial charge in [-0.25, -0.2) is 4.98 Å². The van der Waals surface area contributed by atoms with E-state index in [0.717, 1.165) is 5.56 Å². The van der Waals surface area contributed by atoms with Gasteiger partial charge in [0, 0.05) is 17.1 Å². The molecule has 0 fully saturated rings. The molecule has 0 aliphatic carbocycles. The number of nitrogens with one attached hydrogen (secondary N) is 1. The number of carbonyl (C=O) groups excluding carboxylic acids is 1. The zero-order valence-electron chi connectivity index (χ0n) is 14.0. The van der Waals surface area contributed by atoms with E-state index in [1.54, 1.807) is 12.1 Å². The van der Waals surface area contributed by atoms with Crippen molar-refractivity contribution in [2.75, 3.05) is 6.54 Å². The van der Waals surface area contributed by atoms with Crippen LogP contribution in [0.25, 0.3) is 11.5 Å². The fraction of sp³-hybridized carbons (Fsp3) is 0.412. The van der Waals surface area contributed by atoms with Crippen molar-refractivity contribution in [1.29, 1.82) is 0 Å². The molecular formula is C17H23Cl2N3O2. The van der Waals surface area contributed by atoms with E-state index in [4.69, 9.17) is 21.8 Å². The first kappa shape index (κ1) is 20.5. The van der Waals surface area contributed by atoms with Crippen LogP contribution < -0.4 is 11.1 Å². The number of oxazole rings is 1. The number of hydrogen-bond donors (Lipinski definition) is 2. The number of rotatable bonds is 6. The molecule has 1 unspecified atom stereocenters. The van der Waals surface area contributed by atoms with Gasteiger partial charge in [-0.05, 0) is 37.1 Å². The fourth-order valence-electron chi connectivity index (χ4n) is 2.07. The van der Waals surface area contributed by atoms with Crippen molar-refractivity contribution in [2.24, 2.45) is 11.7 Å². The highest BCUT2D eigenvalue weighted by atomic mass is 35.5. The smallest absolute Gasteiger partial charge is 0.226 e. The Kier molecular flexibility index (Phi) is 7.27. The van der Waals surface area contributed by atoms with Crippen LogP contribution in [0.3, 0.4) is 0 Å². The van der Waals surface area contributed by atoms with Gasteiger partial charge in [-0.15, -0.1) is 12.4 Å². The van der Waals surface area contributed by atoms with Crippen LogP contribution in [0, 0.1) is 5.92 Å². The number of nitrogens with zero attached hydrogens (tertiary/aromatic N) is 1. The third kappa shape index (κ3) is 4.97. The Morgan fingerprint density at radius 3 is 2.54 bits per heavy atom. The Balaban J connectivity index is 0.00000288. The van der Waals surface area contributed by atoms with Crippen LogP contribution in [0.4, 0.5) is 0 Å². The lowest BCUT2D eigenvalue weighted by Gasteiger charge is -2.33. The monoisotopic (exact) mass is 371 g/mol. The Bertz CT molecular complexity index is 671. The molecule has 132 valence electrons. The van der Waals surface area contributed by atoms with Crippen molar-refractivity contribution in [3.63, 3.8) is 0 Å². The first-order valence-electron chi connectivity index (χ1n) is 7.55. The topological polar surface area (TPSA) is 81.1 Å². The summed E-state index contributed by atoms with van der Waals surface area (Å²) in [4.78, 5) is 16.6. The quantitative estimate of drug-likeness (QED) is 0.814. The molecule has 1 heterocycles. The van der Waals surface area contributed by atoms with E-state index >= 15 is 0 Å². The van der Waals surface area contributed by atoms with E-state index in [1.807, 2.05) is 32.9 Å². The summed E-state index contributed by atoms with van der Waals surface area (Å²) in [5.41, 5.74) is 6.75. The SMILES string of the molecule is CC(C)C(C)(CN)NC(=O)Cc1coc(-c2ccc(Cl)cc2)n1.Cl. The lowest BCUT2D eigenvalue weighted by molar-refractivity contribution is -0.122. The van der Waals surface area contributed by atoms with Crippen LogP contribution in [0.5, 0.6) is 0 Å². The van der Waals surface area contributed by atoms with Gasteiger partial charge in [0.25, 0.3) is 0 Å². The largest absolute Gasteiger partial charge is 0.444 e. The van der Waals surface area contributed by atoms with Crippen LogP contribution in [0.2, 0.25) is 5.02 Å². The maximum Gasteiger partial charge on any atom is 0.226 e. The molecule has 5 nitrogen and oxygen atoms in total. The molecule has 1 atom stereocenters. The van der Waals surface area contributed by atoms with Gasteiger partial charge in [0.1, 0.15) is 6.26 Å². The molecule has 7 heteroatoms. The Morgan fingerprint density at radius 2 is 2.00 bits per heavy atom. The number of benzene rings is 1. The minimum absolute atomic E-state index is 0. The summed E-state index contributed by atoms with van der Waals surface area (Å²) in [6.45, 7) is 6.38. The van der Waals surface area contributed by atoms with E-state index in [1.165, 1.54) is 6.26 Å². The highest BCUT2D eigenvalue weighted by molar-refractivity contribution is 6.30. The Hall–Kier alpha value is -1.56. The highest BCUT2D eigenvalue weighted by Crippen LogP contribution is 2.21. The number of nitrogens with two attached hydrogens (primary N) is 1. The van der Waals surface area contributed by atoms with Crippen LogP contribution >= 0.6 is 24.0 Å². The Labute approximate surface area is 153 Å². The summed E-state index contributed by atoms with van der Waals surface area (Å²) in [5, 5.41) is 3.63. The van der Waals surface area contributed by atoms with Crippen molar-refractivity contribution in [1.82, 2.24) is 10.3 Å². The minimum Gasteiger partial charge on any atom is -0.444 e. The average molecular weight is 372 g/mol. The first-order chi connectivity index (χ1) is 10.8. The lowest BCUT2D eigenvalue weighted by atomic mass is 9.88. The number of hydrogen-bond acceptors (Lipinski definition) is 4. The second-order valence-electron chi connectivity index (χ2n) is 6.15. The van der Waals surface area contributed by atoms with E-state index in [2.05, 4.69) is 10.3 Å². The van der Waals surface area contributed by atoms with Crippen molar-refractivity contribution < 1.29 is 9.21 Å². The summed E-state index contributed by atoms with van der Waals surface area (Å²) in [7, 11) is 0. The van der Waals surface area contributed by atoms with E-state index in [9.17, 15) is 4.79 Å². The van der Waals surface area contributed by atoms with Gasteiger partial charge in [0.2, 0.25) is 11.8 Å². The minimum atomic E-state index is -0.431. The molecule has 1 amide bonds. The maximum atomic E-state index is 12.2. The average Bonchev–Trinajstić information content (AvgIpc) is 2.95. The van der Waals surface area contributed by atoms with Crippen LogP contribution in [-0.4, -0.2) is 23.0 Å². The van der Waals surface area contributed by atoms with Gasteiger partial charge >= 0.3 is 0 Å². The molecule has 0 bridgehead atoms. The number of aromatic nitrogens is 1. The van der Waals surface area contributed by atoms with Gasteiger partial charge in [-0.1, -0.05) is 25.4 Å². The van der Waals surface area contributed by atoms with Gasteiger partial charge in [0.05, 0.1) is 17.7 Å². The molecule has 0 aliphatic rings. The summed E-state index contributed by atoms with van der Waals surface area (Å²) in [5.74, 6) is 0.580. The van der Waals surface area contributed by atoms with E-state index in [0.29, 0.717) is 23.2 Å². The molecular weight excluding hydrogens is 349 g/mol. The second-order valence-corrected chi connectivity index (χ2v) is 6.59. The molecule has 0 spiro atoms. The van der Waals surface area contributed by atoms with Gasteiger partial charge < -0.3 is 15.5 Å².